The lowest BCUT2D eigenvalue weighted by molar-refractivity contribution is 0.248. The number of fused-ring (bicyclic) bond motifs is 3. The van der Waals surface area contributed by atoms with Crippen molar-refractivity contribution >= 4 is 34.1 Å². The van der Waals surface area contributed by atoms with E-state index in [0.29, 0.717) is 5.92 Å². The van der Waals surface area contributed by atoms with E-state index in [9.17, 15) is 0 Å². The van der Waals surface area contributed by atoms with Gasteiger partial charge in [-0.2, -0.15) is 0 Å². The van der Waals surface area contributed by atoms with E-state index in [0.717, 1.165) is 66.1 Å². The SMILES string of the molecule is Clc1ccc(CN2CCN(c3nc4ccccc4c4nnc(C5CCCCC5)n34)CC2)cc1. The van der Waals surface area contributed by atoms with E-state index >= 15 is 0 Å². The molecule has 4 aromatic rings. The third-order valence-electron chi connectivity index (χ3n) is 7.20. The van der Waals surface area contributed by atoms with Crippen molar-refractivity contribution in [3.63, 3.8) is 0 Å². The molecule has 0 unspecified atom stereocenters. The Morgan fingerprint density at radius 1 is 0.848 bits per heavy atom. The minimum Gasteiger partial charge on any atom is -0.339 e. The summed E-state index contributed by atoms with van der Waals surface area (Å²) in [5.41, 5.74) is 3.24. The van der Waals surface area contributed by atoms with Crippen molar-refractivity contribution in [3.05, 3.63) is 64.9 Å². The van der Waals surface area contributed by atoms with Crippen molar-refractivity contribution in [3.8, 4) is 0 Å². The van der Waals surface area contributed by atoms with Gasteiger partial charge in [0.25, 0.3) is 0 Å². The van der Waals surface area contributed by atoms with Crippen LogP contribution in [0.2, 0.25) is 5.02 Å². The number of nitrogens with zero attached hydrogens (tertiary/aromatic N) is 6. The minimum atomic E-state index is 0.474. The van der Waals surface area contributed by atoms with Gasteiger partial charge in [-0.05, 0) is 42.7 Å². The molecule has 0 amide bonds. The summed E-state index contributed by atoms with van der Waals surface area (Å²) in [7, 11) is 0. The number of hydrogen-bond donors (Lipinski definition) is 0. The second-order valence-electron chi connectivity index (χ2n) is 9.37. The van der Waals surface area contributed by atoms with Gasteiger partial charge in [0.05, 0.1) is 5.52 Å². The van der Waals surface area contributed by atoms with Crippen molar-refractivity contribution in [2.75, 3.05) is 31.1 Å². The number of halogens is 1. The van der Waals surface area contributed by atoms with Gasteiger partial charge in [-0.25, -0.2) is 9.38 Å². The third-order valence-corrected chi connectivity index (χ3v) is 7.45. The van der Waals surface area contributed by atoms with Crippen LogP contribution in [0.15, 0.2) is 48.5 Å². The average molecular weight is 461 g/mol. The van der Waals surface area contributed by atoms with Gasteiger partial charge in [0.2, 0.25) is 5.95 Å². The first-order chi connectivity index (χ1) is 16.3. The highest BCUT2D eigenvalue weighted by atomic mass is 35.5. The first kappa shape index (κ1) is 20.9. The van der Waals surface area contributed by atoms with Gasteiger partial charge in [0, 0.05) is 49.1 Å². The molecule has 2 fully saturated rings. The number of para-hydroxylation sites is 1. The summed E-state index contributed by atoms with van der Waals surface area (Å²) >= 11 is 6.05. The summed E-state index contributed by atoms with van der Waals surface area (Å²) in [5.74, 6) is 2.57. The maximum absolute atomic E-state index is 6.05. The van der Waals surface area contributed by atoms with Gasteiger partial charge in [0.1, 0.15) is 5.82 Å². The maximum atomic E-state index is 6.05. The van der Waals surface area contributed by atoms with Crippen molar-refractivity contribution in [1.29, 1.82) is 0 Å². The molecule has 170 valence electrons. The van der Waals surface area contributed by atoms with Crippen molar-refractivity contribution < 1.29 is 0 Å². The molecular weight excluding hydrogens is 432 g/mol. The monoisotopic (exact) mass is 460 g/mol. The molecular formula is C26H29ClN6. The summed E-state index contributed by atoms with van der Waals surface area (Å²) in [5, 5.41) is 11.3. The molecule has 33 heavy (non-hydrogen) atoms. The number of hydrogen-bond acceptors (Lipinski definition) is 5. The zero-order chi connectivity index (χ0) is 22.2. The van der Waals surface area contributed by atoms with Crippen LogP contribution in [0.3, 0.4) is 0 Å². The van der Waals surface area contributed by atoms with Crippen LogP contribution in [0.4, 0.5) is 5.95 Å². The fourth-order valence-corrected chi connectivity index (χ4v) is 5.50. The summed E-state index contributed by atoms with van der Waals surface area (Å²) in [6.07, 6.45) is 6.28. The molecule has 0 radical (unpaired) electrons. The van der Waals surface area contributed by atoms with Crippen LogP contribution in [0, 0.1) is 0 Å². The maximum Gasteiger partial charge on any atom is 0.213 e. The molecule has 6 nitrogen and oxygen atoms in total. The molecule has 0 spiro atoms. The van der Waals surface area contributed by atoms with Gasteiger partial charge >= 0.3 is 0 Å². The smallest absolute Gasteiger partial charge is 0.213 e. The Balaban J connectivity index is 1.31. The molecule has 0 bridgehead atoms. The van der Waals surface area contributed by atoms with Crippen LogP contribution in [-0.2, 0) is 6.54 Å². The summed E-state index contributed by atoms with van der Waals surface area (Å²) < 4.78 is 2.27. The summed E-state index contributed by atoms with van der Waals surface area (Å²) in [4.78, 5) is 10.1. The molecule has 6 rings (SSSR count). The van der Waals surface area contributed by atoms with Crippen LogP contribution in [0.25, 0.3) is 16.6 Å². The third kappa shape index (κ3) is 4.06. The van der Waals surface area contributed by atoms with E-state index in [1.54, 1.807) is 0 Å². The second-order valence-corrected chi connectivity index (χ2v) is 9.81. The van der Waals surface area contributed by atoms with Gasteiger partial charge in [0.15, 0.2) is 5.65 Å². The van der Waals surface area contributed by atoms with E-state index in [-0.39, 0.29) is 0 Å². The lowest BCUT2D eigenvalue weighted by Crippen LogP contribution is -2.47. The lowest BCUT2D eigenvalue weighted by Gasteiger charge is -2.36. The van der Waals surface area contributed by atoms with Crippen LogP contribution >= 0.6 is 11.6 Å². The molecule has 2 aliphatic rings. The number of piperazine rings is 1. The molecule has 2 aromatic carbocycles. The standard InChI is InChI=1S/C26H29ClN6/c27-21-12-10-19(11-13-21)18-31-14-16-32(17-15-31)26-28-23-9-5-4-8-22(23)25-30-29-24(33(25)26)20-6-2-1-3-7-20/h4-5,8-13,20H,1-3,6-7,14-18H2. The van der Waals surface area contributed by atoms with Crippen LogP contribution in [0.5, 0.6) is 0 Å². The zero-order valence-electron chi connectivity index (χ0n) is 18.8. The summed E-state index contributed by atoms with van der Waals surface area (Å²) in [6, 6.07) is 16.5. The quantitative estimate of drug-likeness (QED) is 0.413. The lowest BCUT2D eigenvalue weighted by atomic mass is 9.89. The van der Waals surface area contributed by atoms with Gasteiger partial charge in [-0.3, -0.25) is 4.90 Å². The van der Waals surface area contributed by atoms with Gasteiger partial charge in [-0.15, -0.1) is 10.2 Å². The van der Waals surface area contributed by atoms with Crippen molar-refractivity contribution in [2.24, 2.45) is 0 Å². The van der Waals surface area contributed by atoms with Crippen molar-refractivity contribution in [2.45, 2.75) is 44.6 Å². The highest BCUT2D eigenvalue weighted by Crippen LogP contribution is 2.34. The predicted octanol–water partition coefficient (Wildman–Crippen LogP) is 5.30. The molecule has 0 atom stereocenters. The Hall–Kier alpha value is -2.70. The van der Waals surface area contributed by atoms with Crippen LogP contribution in [-0.4, -0.2) is 50.7 Å². The molecule has 2 aromatic heterocycles. The Labute approximate surface area is 199 Å². The van der Waals surface area contributed by atoms with E-state index in [4.69, 9.17) is 21.7 Å². The van der Waals surface area contributed by atoms with E-state index < -0.39 is 0 Å². The van der Waals surface area contributed by atoms with E-state index in [2.05, 4.69) is 55.7 Å². The van der Waals surface area contributed by atoms with Gasteiger partial charge in [-0.1, -0.05) is 55.1 Å². The van der Waals surface area contributed by atoms with Crippen LogP contribution < -0.4 is 4.90 Å². The molecule has 3 heterocycles. The number of rotatable bonds is 4. The highest BCUT2D eigenvalue weighted by molar-refractivity contribution is 6.30. The molecule has 1 saturated carbocycles. The molecule has 7 heteroatoms. The molecule has 1 aliphatic heterocycles. The number of aromatic nitrogens is 4. The fourth-order valence-electron chi connectivity index (χ4n) is 5.38. The second kappa shape index (κ2) is 8.92. The number of benzene rings is 2. The first-order valence-electron chi connectivity index (χ1n) is 12.1. The minimum absolute atomic E-state index is 0.474. The van der Waals surface area contributed by atoms with Crippen molar-refractivity contribution in [1.82, 2.24) is 24.5 Å². The Kier molecular flexibility index (Phi) is 5.64. The predicted molar refractivity (Wildman–Crippen MR) is 133 cm³/mol. The van der Waals surface area contributed by atoms with Gasteiger partial charge < -0.3 is 4.90 Å². The number of anilines is 1. The van der Waals surface area contributed by atoms with Crippen LogP contribution in [0.1, 0.15) is 49.4 Å². The largest absolute Gasteiger partial charge is 0.339 e. The average Bonchev–Trinajstić information content (AvgIpc) is 3.32. The Morgan fingerprint density at radius 2 is 1.61 bits per heavy atom. The highest BCUT2D eigenvalue weighted by Gasteiger charge is 2.27. The Morgan fingerprint density at radius 3 is 2.39 bits per heavy atom. The first-order valence-corrected chi connectivity index (χ1v) is 12.5. The van der Waals surface area contributed by atoms with E-state index in [1.807, 2.05) is 12.1 Å². The topological polar surface area (TPSA) is 49.6 Å². The molecule has 1 aliphatic carbocycles. The normalized spacial score (nSPS) is 18.4. The molecule has 1 saturated heterocycles. The van der Waals surface area contributed by atoms with E-state index in [1.165, 1.54) is 37.7 Å². The molecule has 0 N–H and O–H groups in total. The fraction of sp³-hybridized carbons (Fsp3) is 0.423. The zero-order valence-corrected chi connectivity index (χ0v) is 19.6. The summed E-state index contributed by atoms with van der Waals surface area (Å²) in [6.45, 7) is 4.83. The Bertz CT molecular complexity index is 1250.